The van der Waals surface area contributed by atoms with Gasteiger partial charge in [0.05, 0.1) is 5.60 Å². The molecule has 0 amide bonds. The van der Waals surface area contributed by atoms with E-state index >= 15 is 0 Å². The molecule has 0 aromatic heterocycles. The summed E-state index contributed by atoms with van der Waals surface area (Å²) in [4.78, 5) is 0. The first-order valence-electron chi connectivity index (χ1n) is 9.07. The van der Waals surface area contributed by atoms with Crippen LogP contribution < -0.4 is 5.19 Å². The molecule has 138 valence electrons. The Hall–Kier alpha value is -0.683. The lowest BCUT2D eigenvalue weighted by atomic mass is 9.76. The first-order valence-corrected chi connectivity index (χ1v) is 10.8. The zero-order valence-electron chi connectivity index (χ0n) is 17.0. The molecule has 1 aromatic rings. The first kappa shape index (κ1) is 21.4. The molecule has 0 fully saturated rings. The van der Waals surface area contributed by atoms with Gasteiger partial charge >= 0.3 is 8.80 Å². The van der Waals surface area contributed by atoms with Gasteiger partial charge in [-0.1, -0.05) is 58.0 Å². The van der Waals surface area contributed by atoms with Crippen LogP contribution >= 0.6 is 0 Å². The summed E-state index contributed by atoms with van der Waals surface area (Å²) >= 11 is 0. The molecule has 0 bridgehead atoms. The van der Waals surface area contributed by atoms with Crippen LogP contribution in [-0.2, 0) is 13.3 Å². The minimum atomic E-state index is -3.06. The van der Waals surface area contributed by atoms with Crippen molar-refractivity contribution in [1.29, 1.82) is 0 Å². The molecule has 1 rings (SSSR count). The number of rotatable bonds is 8. The van der Waals surface area contributed by atoms with E-state index in [4.69, 9.17) is 13.3 Å². The van der Waals surface area contributed by atoms with Crippen molar-refractivity contribution in [1.82, 2.24) is 0 Å². The molecule has 0 heterocycles. The van der Waals surface area contributed by atoms with E-state index in [2.05, 4.69) is 46.8 Å². The van der Waals surface area contributed by atoms with Gasteiger partial charge in [-0.05, 0) is 46.5 Å². The smallest absolute Gasteiger partial charge is 0.367 e. The van der Waals surface area contributed by atoms with E-state index in [1.165, 1.54) is 0 Å². The highest BCUT2D eigenvalue weighted by Crippen LogP contribution is 2.39. The average molecular weight is 353 g/mol. The molecule has 0 saturated heterocycles. The first-order chi connectivity index (χ1) is 11.0. The molecule has 0 aliphatic heterocycles. The summed E-state index contributed by atoms with van der Waals surface area (Å²) in [6, 6.07) is 10.2. The predicted molar refractivity (Wildman–Crippen MR) is 104 cm³/mol. The third-order valence-corrected chi connectivity index (χ3v) is 7.85. The zero-order chi connectivity index (χ0) is 18.6. The third-order valence-electron chi connectivity index (χ3n) is 4.53. The van der Waals surface area contributed by atoms with E-state index < -0.39 is 8.80 Å². The van der Waals surface area contributed by atoms with Gasteiger partial charge in [-0.25, -0.2) is 0 Å². The maximum absolute atomic E-state index is 6.84. The molecular formula is C20H36O3Si. The second kappa shape index (κ2) is 8.13. The van der Waals surface area contributed by atoms with E-state index in [1.54, 1.807) is 0 Å². The molecule has 0 radical (unpaired) electrons. The van der Waals surface area contributed by atoms with Crippen LogP contribution in [-0.4, -0.2) is 26.6 Å². The quantitative estimate of drug-likeness (QED) is 0.622. The highest BCUT2D eigenvalue weighted by Gasteiger charge is 2.53. The van der Waals surface area contributed by atoms with Crippen molar-refractivity contribution in [3.05, 3.63) is 30.3 Å². The maximum Gasteiger partial charge on any atom is 0.538 e. The van der Waals surface area contributed by atoms with Gasteiger partial charge in [0.1, 0.15) is 0 Å². The Kier molecular flexibility index (Phi) is 7.24. The number of hydrogen-bond donors (Lipinski definition) is 0. The lowest BCUT2D eigenvalue weighted by Crippen LogP contribution is -2.64. The van der Waals surface area contributed by atoms with Gasteiger partial charge in [-0.2, -0.15) is 0 Å². The molecule has 4 heteroatoms. The van der Waals surface area contributed by atoms with Crippen molar-refractivity contribution in [2.75, 3.05) is 0 Å². The van der Waals surface area contributed by atoms with Gasteiger partial charge in [0.15, 0.2) is 0 Å². The summed E-state index contributed by atoms with van der Waals surface area (Å²) in [7, 11) is -3.06. The van der Waals surface area contributed by atoms with Crippen LogP contribution in [0.25, 0.3) is 0 Å². The van der Waals surface area contributed by atoms with Crippen LogP contribution in [0.2, 0.25) is 0 Å². The monoisotopic (exact) mass is 352 g/mol. The lowest BCUT2D eigenvalue weighted by Gasteiger charge is -2.47. The Balaban J connectivity index is 3.45. The van der Waals surface area contributed by atoms with Crippen molar-refractivity contribution < 1.29 is 13.3 Å². The van der Waals surface area contributed by atoms with Gasteiger partial charge in [-0.15, -0.1) is 0 Å². The van der Waals surface area contributed by atoms with Crippen LogP contribution in [0.5, 0.6) is 0 Å². The van der Waals surface area contributed by atoms with Crippen LogP contribution in [0.3, 0.4) is 0 Å². The summed E-state index contributed by atoms with van der Waals surface area (Å²) in [5, 5.41) is 1.02. The van der Waals surface area contributed by atoms with Gasteiger partial charge in [0.25, 0.3) is 0 Å². The zero-order valence-corrected chi connectivity index (χ0v) is 18.0. The van der Waals surface area contributed by atoms with E-state index in [-0.39, 0.29) is 23.2 Å². The minimum absolute atomic E-state index is 0.0247. The maximum atomic E-state index is 6.84. The molecule has 1 atom stereocenters. The molecule has 24 heavy (non-hydrogen) atoms. The summed E-state index contributed by atoms with van der Waals surface area (Å²) in [6.07, 6.45) is 0.939. The summed E-state index contributed by atoms with van der Waals surface area (Å²) < 4.78 is 19.7. The SMILES string of the molecule is CCC(C)(O[Si](OC(C)C)(OC(C)C)c1ccccc1)C(C)(C)C. The molecule has 0 N–H and O–H groups in total. The molecular weight excluding hydrogens is 316 g/mol. The Morgan fingerprint density at radius 3 is 1.67 bits per heavy atom. The second-order valence-electron chi connectivity index (χ2n) is 8.19. The van der Waals surface area contributed by atoms with E-state index in [0.717, 1.165) is 11.6 Å². The standard InChI is InChI=1S/C20H36O3Si/c1-10-20(9,19(6,7)8)23-24(21-16(2)3,22-17(4)5)18-14-12-11-13-15-18/h11-17H,10H2,1-9H3. The Morgan fingerprint density at radius 2 is 1.33 bits per heavy atom. The largest absolute Gasteiger partial charge is 0.538 e. The lowest BCUT2D eigenvalue weighted by molar-refractivity contribution is -0.0884. The molecule has 0 saturated carbocycles. The Morgan fingerprint density at radius 1 is 0.875 bits per heavy atom. The minimum Gasteiger partial charge on any atom is -0.367 e. The van der Waals surface area contributed by atoms with Crippen molar-refractivity contribution >= 4 is 14.0 Å². The summed E-state index contributed by atoms with van der Waals surface area (Å²) in [5.74, 6) is 0. The second-order valence-corrected chi connectivity index (χ2v) is 10.6. The van der Waals surface area contributed by atoms with Crippen molar-refractivity contribution in [2.45, 2.75) is 86.5 Å². The fraction of sp³-hybridized carbons (Fsp3) is 0.700. The van der Waals surface area contributed by atoms with Crippen molar-refractivity contribution in [3.8, 4) is 0 Å². The Labute approximate surface area is 150 Å². The number of benzene rings is 1. The highest BCUT2D eigenvalue weighted by molar-refractivity contribution is 6.75. The van der Waals surface area contributed by atoms with Crippen LogP contribution in [0, 0.1) is 5.41 Å². The topological polar surface area (TPSA) is 27.7 Å². The average Bonchev–Trinajstić information content (AvgIpc) is 2.45. The summed E-state index contributed by atoms with van der Waals surface area (Å²) in [5.41, 5.74) is -0.381. The molecule has 0 spiro atoms. The van der Waals surface area contributed by atoms with Crippen LogP contribution in [0.4, 0.5) is 0 Å². The van der Waals surface area contributed by atoms with Crippen LogP contribution in [0.1, 0.15) is 68.7 Å². The number of hydrogen-bond acceptors (Lipinski definition) is 3. The van der Waals surface area contributed by atoms with Crippen molar-refractivity contribution in [3.63, 3.8) is 0 Å². The van der Waals surface area contributed by atoms with Gasteiger partial charge in [0.2, 0.25) is 0 Å². The molecule has 0 aliphatic rings. The fourth-order valence-corrected chi connectivity index (χ4v) is 6.01. The molecule has 0 aliphatic carbocycles. The summed E-state index contributed by atoms with van der Waals surface area (Å²) in [6.45, 7) is 19.1. The van der Waals surface area contributed by atoms with E-state index in [1.807, 2.05) is 45.9 Å². The van der Waals surface area contributed by atoms with Crippen molar-refractivity contribution in [2.24, 2.45) is 5.41 Å². The predicted octanol–water partition coefficient (Wildman–Crippen LogP) is 4.91. The van der Waals surface area contributed by atoms with Gasteiger partial charge in [-0.3, -0.25) is 0 Å². The van der Waals surface area contributed by atoms with Gasteiger partial charge < -0.3 is 13.3 Å². The Bertz CT molecular complexity index is 483. The highest BCUT2D eigenvalue weighted by atomic mass is 28.4. The normalized spacial score (nSPS) is 15.8. The fourth-order valence-electron chi connectivity index (χ4n) is 2.59. The third kappa shape index (κ3) is 5.15. The molecule has 1 unspecified atom stereocenters. The van der Waals surface area contributed by atoms with Gasteiger partial charge in [0, 0.05) is 17.4 Å². The van der Waals surface area contributed by atoms with Crippen LogP contribution in [0.15, 0.2) is 30.3 Å². The van der Waals surface area contributed by atoms with E-state index in [9.17, 15) is 0 Å². The van der Waals surface area contributed by atoms with E-state index in [0.29, 0.717) is 0 Å². The molecule has 1 aromatic carbocycles. The molecule has 3 nitrogen and oxygen atoms in total.